The van der Waals surface area contributed by atoms with Crippen molar-refractivity contribution in [3.05, 3.63) is 120 Å². The number of aliphatic imine (C=N–C) groups is 3. The maximum atomic E-state index is 13.7. The molecule has 5 aliphatic rings. The summed E-state index contributed by atoms with van der Waals surface area (Å²) in [5.74, 6) is -0.293. The van der Waals surface area contributed by atoms with Crippen molar-refractivity contribution in [2.75, 3.05) is 6.61 Å². The van der Waals surface area contributed by atoms with E-state index in [2.05, 4.69) is 87.1 Å². The topological polar surface area (TPSA) is 101 Å². The Hall–Kier alpha value is -4.27. The number of esters is 1. The van der Waals surface area contributed by atoms with Gasteiger partial charge in [-0.3, -0.25) is 9.79 Å². The Morgan fingerprint density at radius 2 is 1.63 bits per heavy atom. The average Bonchev–Trinajstić information content (AvgIpc) is 3.91. The third-order valence-corrected chi connectivity index (χ3v) is 12.0. The van der Waals surface area contributed by atoms with Gasteiger partial charge in [0.25, 0.3) is 0 Å². The van der Waals surface area contributed by atoms with Crippen molar-refractivity contribution in [2.45, 2.75) is 121 Å². The Morgan fingerprint density at radius 3 is 2.32 bits per heavy atom. The summed E-state index contributed by atoms with van der Waals surface area (Å²) in [5, 5.41) is 15.1. The molecule has 0 spiro atoms. The maximum Gasteiger partial charge on any atom is 2.00 e. The Bertz CT molecular complexity index is 2350. The third kappa shape index (κ3) is 9.07. The van der Waals surface area contributed by atoms with Crippen LogP contribution in [0.4, 0.5) is 0 Å². The van der Waals surface area contributed by atoms with Crippen LogP contribution in [0.15, 0.2) is 114 Å². The number of hydrogen-bond donors (Lipinski definition) is 0. The van der Waals surface area contributed by atoms with Crippen LogP contribution < -0.4 is 20.7 Å². The molecule has 0 amide bonds. The zero-order valence-electron chi connectivity index (χ0n) is 35.9. The summed E-state index contributed by atoms with van der Waals surface area (Å²) in [6.45, 7) is 25.6. The molecular formula is C49H58MgN4O3. The molecule has 0 aromatic carbocycles. The summed E-state index contributed by atoms with van der Waals surface area (Å²) in [7, 11) is 0. The van der Waals surface area contributed by atoms with Gasteiger partial charge in [-0.15, -0.1) is 16.8 Å². The smallest absolute Gasteiger partial charge is 0.875 e. The number of fused-ring (bicyclic) bond motifs is 5. The van der Waals surface area contributed by atoms with E-state index < -0.39 is 0 Å². The van der Waals surface area contributed by atoms with Gasteiger partial charge in [0.2, 0.25) is 0 Å². The van der Waals surface area contributed by atoms with E-state index in [1.54, 1.807) is 0 Å². The van der Waals surface area contributed by atoms with Crippen molar-refractivity contribution in [1.29, 1.82) is 0 Å². The third-order valence-electron chi connectivity index (χ3n) is 12.0. The molecule has 1 aromatic heterocycles. The molecular weight excluding hydrogens is 717 g/mol. The van der Waals surface area contributed by atoms with Gasteiger partial charge in [-0.25, -0.2) is 9.98 Å². The van der Waals surface area contributed by atoms with Gasteiger partial charge in [-0.05, 0) is 146 Å². The van der Waals surface area contributed by atoms with Crippen LogP contribution in [0.2, 0.25) is 0 Å². The standard InChI is InChI=1S/C49H59N4O3.Mg/c1-12-35-30(7)39-25-42-36(13-2)31(8)46(52-42)34(11)47-32(9)37(20-21-44(55)56-23-22-29(6)19-15-18-28(5)17-14-16-27(3)4)48(53-47)38-24-43(54)45-33(10)40(51-49(38)45)26-41(35)50-39;/h13,16,18,22,25-26,32,37H,2,12,14-15,17,19-21,23-24H2,1,3-11H3,(H-,50,51,52,53,54);/q-1;+2/p-1/b28-18+,29-22+;/t32-,37-;/m0./s1. The minimum atomic E-state index is -0.233. The van der Waals surface area contributed by atoms with Crippen molar-refractivity contribution in [2.24, 2.45) is 26.8 Å². The largest absolute Gasteiger partial charge is 2.00 e. The molecule has 8 heteroatoms. The first-order valence-corrected chi connectivity index (χ1v) is 20.4. The van der Waals surface area contributed by atoms with Gasteiger partial charge in [0.05, 0.1) is 22.8 Å². The van der Waals surface area contributed by atoms with E-state index in [0.717, 1.165) is 111 Å². The van der Waals surface area contributed by atoms with Crippen LogP contribution in [0, 0.1) is 18.8 Å². The van der Waals surface area contributed by atoms with E-state index in [4.69, 9.17) is 24.7 Å². The van der Waals surface area contributed by atoms with Gasteiger partial charge < -0.3 is 14.8 Å². The maximum absolute atomic E-state index is 13.7. The quantitative estimate of drug-likeness (QED) is 0.114. The normalized spacial score (nSPS) is 20.4. The molecule has 0 radical (unpaired) electrons. The molecule has 294 valence electrons. The SMILES string of the molecule is C=CC1=C(C)C2=NC1=CC1=NC(=Cc3[n-]c4c(c3C)=C([O-])CC=4C3=NC(=C2C)[C@@H](C)[C@@H]3CCC(=O)OC/C=C(\C)CC/C=C(\C)CCC=C(C)C)C(CC)=C1C.[Mg+2]. The van der Waals surface area contributed by atoms with Gasteiger partial charge in [0.1, 0.15) is 6.61 Å². The number of rotatable bonds is 13. The first-order chi connectivity index (χ1) is 26.7. The van der Waals surface area contributed by atoms with Gasteiger partial charge >= 0.3 is 29.0 Å². The zero-order chi connectivity index (χ0) is 40.4. The second-order valence-electron chi connectivity index (χ2n) is 16.2. The molecule has 2 atom stereocenters. The molecule has 0 saturated carbocycles. The minimum absolute atomic E-state index is 0. The molecule has 0 saturated heterocycles. The molecule has 7 nitrogen and oxygen atoms in total. The predicted octanol–water partition coefficient (Wildman–Crippen LogP) is 8.69. The van der Waals surface area contributed by atoms with E-state index >= 15 is 0 Å². The molecule has 57 heavy (non-hydrogen) atoms. The first-order valence-electron chi connectivity index (χ1n) is 20.4. The summed E-state index contributed by atoms with van der Waals surface area (Å²) < 4.78 is 5.74. The second-order valence-corrected chi connectivity index (χ2v) is 16.2. The van der Waals surface area contributed by atoms with Crippen molar-refractivity contribution >= 4 is 63.6 Å². The Labute approximate surface area is 355 Å². The molecule has 0 fully saturated rings. The Balaban J connectivity index is 0.00000620. The monoisotopic (exact) mass is 774 g/mol. The molecule has 5 heterocycles. The second kappa shape index (κ2) is 18.5. The molecule has 1 aliphatic carbocycles. The van der Waals surface area contributed by atoms with Crippen LogP contribution in [0.5, 0.6) is 0 Å². The fourth-order valence-corrected chi connectivity index (χ4v) is 8.65. The van der Waals surface area contributed by atoms with Crippen molar-refractivity contribution < 1.29 is 14.6 Å². The van der Waals surface area contributed by atoms with E-state index in [9.17, 15) is 9.90 Å². The fourth-order valence-electron chi connectivity index (χ4n) is 8.65. The minimum Gasteiger partial charge on any atom is -0.875 e. The summed E-state index contributed by atoms with van der Waals surface area (Å²) in [6, 6.07) is 0. The summed E-state index contributed by atoms with van der Waals surface area (Å²) in [4.78, 5) is 34.0. The van der Waals surface area contributed by atoms with Gasteiger partial charge in [0.15, 0.2) is 0 Å². The number of hydrogen-bond acceptors (Lipinski definition) is 6. The number of carbonyl (C=O) groups excluding carboxylic acids is 1. The van der Waals surface area contributed by atoms with Crippen LogP contribution in [0.25, 0.3) is 17.4 Å². The van der Waals surface area contributed by atoms with Crippen LogP contribution in [-0.2, 0) is 9.53 Å². The van der Waals surface area contributed by atoms with Crippen LogP contribution in [-0.4, -0.2) is 52.8 Å². The van der Waals surface area contributed by atoms with Crippen LogP contribution in [0.1, 0.15) is 125 Å². The molecule has 1 aromatic rings. The molecule has 4 aliphatic heterocycles. The fraction of sp³-hybridized carbons (Fsp3) is 0.429. The van der Waals surface area contributed by atoms with Crippen molar-refractivity contribution in [3.8, 4) is 0 Å². The Kier molecular flexibility index (Phi) is 14.3. The van der Waals surface area contributed by atoms with E-state index in [1.165, 1.54) is 16.7 Å². The molecule has 6 rings (SSSR count). The number of allylic oxidation sites excluding steroid dienone is 12. The summed E-state index contributed by atoms with van der Waals surface area (Å²) in [5.41, 5.74) is 17.0. The van der Waals surface area contributed by atoms with Gasteiger partial charge in [0, 0.05) is 35.2 Å². The summed E-state index contributed by atoms with van der Waals surface area (Å²) in [6.07, 6.45) is 18.5. The average molecular weight is 775 g/mol. The number of aromatic nitrogens is 1. The number of nitrogens with zero attached hydrogens (tertiary/aromatic N) is 4. The predicted molar refractivity (Wildman–Crippen MR) is 236 cm³/mol. The van der Waals surface area contributed by atoms with Crippen LogP contribution in [0.3, 0.4) is 0 Å². The van der Waals surface area contributed by atoms with E-state index in [0.29, 0.717) is 17.0 Å². The van der Waals surface area contributed by atoms with E-state index in [-0.39, 0.29) is 66.1 Å². The zero-order valence-corrected chi connectivity index (χ0v) is 37.3. The van der Waals surface area contributed by atoms with Crippen molar-refractivity contribution in [3.63, 3.8) is 0 Å². The molecule has 8 bridgehead atoms. The summed E-state index contributed by atoms with van der Waals surface area (Å²) >= 11 is 0. The molecule has 0 unspecified atom stereocenters. The Morgan fingerprint density at radius 1 is 0.930 bits per heavy atom. The first kappa shape index (κ1) is 43.8. The van der Waals surface area contributed by atoms with E-state index in [1.807, 2.05) is 25.2 Å². The van der Waals surface area contributed by atoms with Crippen molar-refractivity contribution in [1.82, 2.24) is 4.98 Å². The molecule has 0 N–H and O–H groups in total. The number of carbonyl (C=O) groups is 1. The van der Waals surface area contributed by atoms with Crippen LogP contribution >= 0.6 is 0 Å². The number of ether oxygens (including phenoxy) is 1. The van der Waals surface area contributed by atoms with Gasteiger partial charge in [-0.1, -0.05) is 67.0 Å². The van der Waals surface area contributed by atoms with Gasteiger partial charge in [-0.2, -0.15) is 0 Å².